The second-order valence-electron chi connectivity index (χ2n) is 5.38. The van der Waals surface area contributed by atoms with Gasteiger partial charge < -0.3 is 19.5 Å². The summed E-state index contributed by atoms with van der Waals surface area (Å²) in [5, 5.41) is 2.67. The van der Waals surface area contributed by atoms with Crippen LogP contribution in [0.25, 0.3) is 6.08 Å². The van der Waals surface area contributed by atoms with E-state index in [0.717, 1.165) is 5.56 Å². The van der Waals surface area contributed by atoms with E-state index in [0.29, 0.717) is 17.2 Å². The van der Waals surface area contributed by atoms with Gasteiger partial charge in [-0.2, -0.15) is 0 Å². The van der Waals surface area contributed by atoms with E-state index in [1.807, 2.05) is 30.3 Å². The second-order valence-corrected chi connectivity index (χ2v) is 5.38. The van der Waals surface area contributed by atoms with Crippen LogP contribution in [0.4, 0.5) is 5.69 Å². The lowest BCUT2D eigenvalue weighted by Crippen LogP contribution is -2.29. The highest BCUT2D eigenvalue weighted by atomic mass is 16.7. The van der Waals surface area contributed by atoms with Crippen molar-refractivity contribution in [2.45, 2.75) is 13.0 Å². The monoisotopic (exact) mass is 339 g/mol. The zero-order chi connectivity index (χ0) is 17.6. The minimum Gasteiger partial charge on any atom is -0.454 e. The van der Waals surface area contributed by atoms with Crippen molar-refractivity contribution in [1.82, 2.24) is 0 Å². The molecule has 1 aliphatic heterocycles. The van der Waals surface area contributed by atoms with Crippen LogP contribution in [-0.2, 0) is 14.3 Å². The van der Waals surface area contributed by atoms with Crippen LogP contribution in [0, 0.1) is 0 Å². The molecule has 2 aromatic carbocycles. The Morgan fingerprint density at radius 2 is 1.88 bits per heavy atom. The van der Waals surface area contributed by atoms with Gasteiger partial charge in [0.1, 0.15) is 0 Å². The van der Waals surface area contributed by atoms with Gasteiger partial charge in [0.25, 0.3) is 5.91 Å². The molecule has 1 heterocycles. The molecule has 0 spiro atoms. The lowest BCUT2D eigenvalue weighted by atomic mass is 10.2. The van der Waals surface area contributed by atoms with Gasteiger partial charge in [-0.25, -0.2) is 4.79 Å². The van der Waals surface area contributed by atoms with Crippen molar-refractivity contribution in [3.05, 3.63) is 60.2 Å². The lowest BCUT2D eigenvalue weighted by Gasteiger charge is -2.12. The highest BCUT2D eigenvalue weighted by molar-refractivity contribution is 5.96. The quantitative estimate of drug-likeness (QED) is 0.669. The molecule has 0 radical (unpaired) electrons. The van der Waals surface area contributed by atoms with E-state index >= 15 is 0 Å². The first-order valence-corrected chi connectivity index (χ1v) is 7.76. The van der Waals surface area contributed by atoms with Crippen molar-refractivity contribution in [3.63, 3.8) is 0 Å². The maximum absolute atomic E-state index is 12.1. The van der Waals surface area contributed by atoms with E-state index in [2.05, 4.69) is 5.32 Å². The molecule has 1 atom stereocenters. The summed E-state index contributed by atoms with van der Waals surface area (Å²) >= 11 is 0. The molecule has 1 N–H and O–H groups in total. The van der Waals surface area contributed by atoms with Crippen molar-refractivity contribution in [2.75, 3.05) is 12.1 Å². The van der Waals surface area contributed by atoms with E-state index in [1.54, 1.807) is 24.3 Å². The first-order valence-electron chi connectivity index (χ1n) is 7.76. The van der Waals surface area contributed by atoms with Crippen LogP contribution in [0.5, 0.6) is 11.5 Å². The third kappa shape index (κ3) is 4.38. The van der Waals surface area contributed by atoms with E-state index in [4.69, 9.17) is 14.2 Å². The van der Waals surface area contributed by atoms with E-state index in [-0.39, 0.29) is 6.79 Å². The molecular weight excluding hydrogens is 322 g/mol. The van der Waals surface area contributed by atoms with Crippen molar-refractivity contribution in [2.24, 2.45) is 0 Å². The Kier molecular flexibility index (Phi) is 4.99. The molecule has 6 heteroatoms. The fraction of sp³-hybridized carbons (Fsp3) is 0.158. The normalized spacial score (nSPS) is 13.5. The third-order valence-electron chi connectivity index (χ3n) is 3.51. The molecule has 6 nitrogen and oxygen atoms in total. The molecular formula is C19H17NO5. The molecule has 0 saturated heterocycles. The number of carbonyl (C=O) groups is 2. The third-order valence-corrected chi connectivity index (χ3v) is 3.51. The molecule has 1 amide bonds. The molecule has 0 fully saturated rings. The van der Waals surface area contributed by atoms with Crippen LogP contribution in [0.15, 0.2) is 54.6 Å². The molecule has 0 aromatic heterocycles. The van der Waals surface area contributed by atoms with Gasteiger partial charge in [0.05, 0.1) is 0 Å². The number of esters is 1. The summed E-state index contributed by atoms with van der Waals surface area (Å²) in [6.07, 6.45) is 1.99. The average molecular weight is 339 g/mol. The summed E-state index contributed by atoms with van der Waals surface area (Å²) in [5.74, 6) is 0.175. The Balaban J connectivity index is 1.53. The minimum atomic E-state index is -0.932. The molecule has 3 rings (SSSR count). The van der Waals surface area contributed by atoms with Gasteiger partial charge in [-0.3, -0.25) is 4.79 Å². The molecule has 128 valence electrons. The van der Waals surface area contributed by atoms with Crippen LogP contribution in [0.3, 0.4) is 0 Å². The standard InChI is InChI=1S/C19H17NO5/c1-13(25-18(21)10-7-14-5-3-2-4-6-14)19(22)20-15-8-9-16-17(11-15)24-12-23-16/h2-11,13H,12H2,1H3,(H,20,22)/b10-7+/t13-/m1/s1. The van der Waals surface area contributed by atoms with Gasteiger partial charge in [-0.1, -0.05) is 30.3 Å². The lowest BCUT2D eigenvalue weighted by molar-refractivity contribution is -0.148. The maximum atomic E-state index is 12.1. The predicted octanol–water partition coefficient (Wildman–Crippen LogP) is 3.00. The number of nitrogens with one attached hydrogen (secondary N) is 1. The highest BCUT2D eigenvalue weighted by Gasteiger charge is 2.19. The largest absolute Gasteiger partial charge is 0.454 e. The number of amides is 1. The Labute approximate surface area is 145 Å². The smallest absolute Gasteiger partial charge is 0.331 e. The Bertz CT molecular complexity index is 801. The van der Waals surface area contributed by atoms with Gasteiger partial charge in [0.2, 0.25) is 6.79 Å². The van der Waals surface area contributed by atoms with Gasteiger partial charge in [-0.15, -0.1) is 0 Å². The van der Waals surface area contributed by atoms with E-state index < -0.39 is 18.0 Å². The second kappa shape index (κ2) is 7.53. The summed E-state index contributed by atoms with van der Waals surface area (Å²) in [5.41, 5.74) is 1.41. The number of hydrogen-bond donors (Lipinski definition) is 1. The van der Waals surface area contributed by atoms with Crippen LogP contribution < -0.4 is 14.8 Å². The number of carbonyl (C=O) groups excluding carboxylic acids is 2. The minimum absolute atomic E-state index is 0.161. The van der Waals surface area contributed by atoms with Gasteiger partial charge in [0.15, 0.2) is 17.6 Å². The number of ether oxygens (including phenoxy) is 3. The van der Waals surface area contributed by atoms with Crippen LogP contribution >= 0.6 is 0 Å². The Hall–Kier alpha value is -3.28. The average Bonchev–Trinajstić information content (AvgIpc) is 3.08. The summed E-state index contributed by atoms with van der Waals surface area (Å²) < 4.78 is 15.6. The molecule has 0 saturated carbocycles. The maximum Gasteiger partial charge on any atom is 0.331 e. The van der Waals surface area contributed by atoms with Crippen LogP contribution in [0.1, 0.15) is 12.5 Å². The number of hydrogen-bond acceptors (Lipinski definition) is 5. The topological polar surface area (TPSA) is 73.9 Å². The van der Waals surface area contributed by atoms with Gasteiger partial charge >= 0.3 is 5.97 Å². The first kappa shape index (κ1) is 16.6. The SMILES string of the molecule is C[C@@H](OC(=O)/C=C/c1ccccc1)C(=O)Nc1ccc2c(c1)OCO2. The zero-order valence-electron chi connectivity index (χ0n) is 13.6. The number of anilines is 1. The van der Waals surface area contributed by atoms with Crippen molar-refractivity contribution in [3.8, 4) is 11.5 Å². The van der Waals surface area contributed by atoms with Crippen molar-refractivity contribution < 1.29 is 23.8 Å². The van der Waals surface area contributed by atoms with Crippen molar-refractivity contribution >= 4 is 23.6 Å². The molecule has 0 aliphatic carbocycles. The molecule has 25 heavy (non-hydrogen) atoms. The molecule has 1 aliphatic rings. The van der Waals surface area contributed by atoms with Crippen molar-refractivity contribution in [1.29, 1.82) is 0 Å². The van der Waals surface area contributed by atoms with E-state index in [9.17, 15) is 9.59 Å². The Morgan fingerprint density at radius 3 is 2.68 bits per heavy atom. The Morgan fingerprint density at radius 1 is 1.12 bits per heavy atom. The fourth-order valence-corrected chi connectivity index (χ4v) is 2.21. The number of fused-ring (bicyclic) bond motifs is 1. The highest BCUT2D eigenvalue weighted by Crippen LogP contribution is 2.34. The molecule has 0 bridgehead atoms. The summed E-state index contributed by atoms with van der Waals surface area (Å²) in [6, 6.07) is 14.4. The zero-order valence-corrected chi connectivity index (χ0v) is 13.6. The summed E-state index contributed by atoms with van der Waals surface area (Å²) in [4.78, 5) is 23.9. The summed E-state index contributed by atoms with van der Waals surface area (Å²) in [7, 11) is 0. The molecule has 2 aromatic rings. The van der Waals surface area contributed by atoms with Crippen LogP contribution in [-0.4, -0.2) is 24.8 Å². The predicted molar refractivity (Wildman–Crippen MR) is 92.2 cm³/mol. The first-order chi connectivity index (χ1) is 12.1. The van der Waals surface area contributed by atoms with Crippen LogP contribution in [0.2, 0.25) is 0 Å². The molecule has 0 unspecified atom stereocenters. The van der Waals surface area contributed by atoms with E-state index in [1.165, 1.54) is 13.0 Å². The fourth-order valence-electron chi connectivity index (χ4n) is 2.21. The van der Waals surface area contributed by atoms with Gasteiger partial charge in [-0.05, 0) is 30.7 Å². The number of rotatable bonds is 5. The summed E-state index contributed by atoms with van der Waals surface area (Å²) in [6.45, 7) is 1.67. The van der Waals surface area contributed by atoms with Gasteiger partial charge in [0, 0.05) is 17.8 Å². The number of benzene rings is 2.